The second kappa shape index (κ2) is 3.23. The van der Waals surface area contributed by atoms with Gasteiger partial charge < -0.3 is 3.83 Å². The molecule has 0 saturated heterocycles. The highest BCUT2D eigenvalue weighted by molar-refractivity contribution is 9.10. The molecule has 1 aliphatic rings. The average molecular weight is 290 g/mol. The maximum Gasteiger partial charge on any atom is 0.179 e. The Morgan fingerprint density at radius 2 is 2.17 bits per heavy atom. The number of rotatable bonds is 1. The van der Waals surface area contributed by atoms with Gasteiger partial charge in [-0.15, -0.1) is 0 Å². The molecule has 0 aliphatic heterocycles. The molecule has 3 heteroatoms. The van der Waals surface area contributed by atoms with E-state index in [-0.39, 0.29) is 0 Å². The molecule has 12 heavy (non-hydrogen) atoms. The molecule has 0 spiro atoms. The van der Waals surface area contributed by atoms with Gasteiger partial charge in [0.15, 0.2) is 22.0 Å². The summed E-state index contributed by atoms with van der Waals surface area (Å²) in [6.45, 7) is 0. The fourth-order valence-electron chi connectivity index (χ4n) is 1.31. The van der Waals surface area contributed by atoms with E-state index in [1.165, 1.54) is 11.1 Å². The third kappa shape index (κ3) is 1.31. The predicted octanol–water partition coefficient (Wildman–Crippen LogP) is 3.71. The van der Waals surface area contributed by atoms with Gasteiger partial charge >= 0.3 is 0 Å². The summed E-state index contributed by atoms with van der Waals surface area (Å²) in [6.07, 6.45) is 5.28. The molecule has 0 amide bonds. The summed E-state index contributed by atoms with van der Waals surface area (Å²) >= 11 is 6.39. The molecule has 1 nitrogen and oxygen atoms in total. The van der Waals surface area contributed by atoms with Crippen LogP contribution >= 0.6 is 32.2 Å². The largest absolute Gasteiger partial charge is 0.417 e. The van der Waals surface area contributed by atoms with Crippen molar-refractivity contribution in [3.63, 3.8) is 0 Å². The molecule has 1 aromatic rings. The van der Waals surface area contributed by atoms with Gasteiger partial charge in [-0.05, 0) is 45.6 Å². The Balaban J connectivity index is 2.54. The van der Waals surface area contributed by atoms with Crippen molar-refractivity contribution in [2.75, 3.05) is 0 Å². The Hall–Kier alpha value is -0.280. The Kier molecular flexibility index (Phi) is 2.24. The van der Waals surface area contributed by atoms with E-state index < -0.39 is 0 Å². The zero-order chi connectivity index (χ0) is 8.55. The van der Waals surface area contributed by atoms with Gasteiger partial charge in [0.25, 0.3) is 0 Å². The van der Waals surface area contributed by atoms with Crippen LogP contribution in [0.15, 0.2) is 22.7 Å². The summed E-state index contributed by atoms with van der Waals surface area (Å²) in [5.41, 5.74) is 2.59. The zero-order valence-electron chi connectivity index (χ0n) is 6.18. The van der Waals surface area contributed by atoms with Crippen molar-refractivity contribution in [3.8, 4) is 5.75 Å². The number of benzene rings is 1. The number of hydrogen-bond acceptors (Lipinski definition) is 1. The van der Waals surface area contributed by atoms with E-state index in [0.29, 0.717) is 0 Å². The molecule has 0 fully saturated rings. The highest BCUT2D eigenvalue weighted by atomic mass is 79.9. The molecular formula is C9H6Br2O. The first-order chi connectivity index (χ1) is 5.81. The minimum atomic E-state index is 0.831. The van der Waals surface area contributed by atoms with E-state index in [1.807, 2.05) is 6.07 Å². The Labute approximate surface area is 88.0 Å². The minimum absolute atomic E-state index is 0.831. The lowest BCUT2D eigenvalue weighted by Gasteiger charge is -2.04. The highest BCUT2D eigenvalue weighted by Crippen LogP contribution is 2.32. The van der Waals surface area contributed by atoms with E-state index in [1.54, 1.807) is 0 Å². The summed E-state index contributed by atoms with van der Waals surface area (Å²) < 4.78 is 5.98. The fraction of sp³-hybridized carbons (Fsp3) is 0.111. The topological polar surface area (TPSA) is 9.23 Å². The van der Waals surface area contributed by atoms with E-state index >= 15 is 0 Å². The quantitative estimate of drug-likeness (QED) is 0.766. The number of allylic oxidation sites excluding steroid dienone is 1. The molecule has 0 unspecified atom stereocenters. The van der Waals surface area contributed by atoms with Crippen LogP contribution in [-0.4, -0.2) is 0 Å². The monoisotopic (exact) mass is 288 g/mol. The third-order valence-electron chi connectivity index (χ3n) is 1.91. The van der Waals surface area contributed by atoms with Crippen LogP contribution in [-0.2, 0) is 6.42 Å². The van der Waals surface area contributed by atoms with Crippen molar-refractivity contribution < 1.29 is 3.83 Å². The molecule has 62 valence electrons. The van der Waals surface area contributed by atoms with Crippen molar-refractivity contribution in [1.82, 2.24) is 0 Å². The van der Waals surface area contributed by atoms with Crippen LogP contribution < -0.4 is 3.83 Å². The lowest BCUT2D eigenvalue weighted by atomic mass is 10.1. The molecule has 1 aromatic carbocycles. The van der Waals surface area contributed by atoms with E-state index in [2.05, 4.69) is 50.4 Å². The molecule has 0 heterocycles. The molecule has 0 radical (unpaired) electrons. The zero-order valence-corrected chi connectivity index (χ0v) is 9.35. The van der Waals surface area contributed by atoms with Gasteiger partial charge in [0, 0.05) is 0 Å². The predicted molar refractivity (Wildman–Crippen MR) is 56.4 cm³/mol. The summed E-state index contributed by atoms with van der Waals surface area (Å²) in [6, 6.07) is 4.10. The van der Waals surface area contributed by atoms with Crippen molar-refractivity contribution in [3.05, 3.63) is 33.8 Å². The molecule has 0 atom stereocenters. The SMILES string of the molecule is BrOc1cc2c(cc1Br)C=CC2. The van der Waals surface area contributed by atoms with E-state index in [0.717, 1.165) is 16.6 Å². The summed E-state index contributed by atoms with van der Waals surface area (Å²) in [7, 11) is 0. The number of fused-ring (bicyclic) bond motifs is 1. The first-order valence-electron chi connectivity index (χ1n) is 3.59. The second-order valence-electron chi connectivity index (χ2n) is 2.67. The molecular weight excluding hydrogens is 284 g/mol. The van der Waals surface area contributed by atoms with Crippen LogP contribution in [0.5, 0.6) is 5.75 Å². The molecule has 0 saturated carbocycles. The fourth-order valence-corrected chi connectivity index (χ4v) is 2.24. The van der Waals surface area contributed by atoms with Crippen LogP contribution in [0, 0.1) is 0 Å². The number of halogens is 2. The van der Waals surface area contributed by atoms with Crippen LogP contribution in [0.2, 0.25) is 0 Å². The van der Waals surface area contributed by atoms with E-state index in [4.69, 9.17) is 3.83 Å². The minimum Gasteiger partial charge on any atom is -0.417 e. The maximum absolute atomic E-state index is 5.01. The summed E-state index contributed by atoms with van der Waals surface area (Å²) in [5.74, 6) is 0.831. The second-order valence-corrected chi connectivity index (χ2v) is 3.84. The van der Waals surface area contributed by atoms with Crippen molar-refractivity contribution in [2.24, 2.45) is 0 Å². The number of hydrogen-bond donors (Lipinski definition) is 0. The maximum atomic E-state index is 5.01. The molecule has 0 bridgehead atoms. The van der Waals surface area contributed by atoms with Gasteiger partial charge in [0.2, 0.25) is 0 Å². The Morgan fingerprint density at radius 1 is 1.33 bits per heavy atom. The molecule has 2 rings (SSSR count). The lowest BCUT2D eigenvalue weighted by Crippen LogP contribution is -1.84. The smallest absolute Gasteiger partial charge is 0.179 e. The van der Waals surface area contributed by atoms with Crippen molar-refractivity contribution in [1.29, 1.82) is 0 Å². The van der Waals surface area contributed by atoms with E-state index in [9.17, 15) is 0 Å². The van der Waals surface area contributed by atoms with Crippen LogP contribution in [0.4, 0.5) is 0 Å². The average Bonchev–Trinajstić information content (AvgIpc) is 2.49. The summed E-state index contributed by atoms with van der Waals surface area (Å²) in [5, 5.41) is 0. The van der Waals surface area contributed by atoms with Crippen LogP contribution in [0.1, 0.15) is 11.1 Å². The lowest BCUT2D eigenvalue weighted by molar-refractivity contribution is 0.672. The van der Waals surface area contributed by atoms with Gasteiger partial charge in [-0.2, -0.15) is 0 Å². The third-order valence-corrected chi connectivity index (χ3v) is 2.88. The molecule has 1 aliphatic carbocycles. The van der Waals surface area contributed by atoms with Crippen LogP contribution in [0.25, 0.3) is 6.08 Å². The standard InChI is InChI=1S/C9H6Br2O/c10-8-4-6-2-1-3-7(6)5-9(8)12-11/h1-2,4-5H,3H2. The Morgan fingerprint density at radius 3 is 2.92 bits per heavy atom. The Bertz CT molecular complexity index is 344. The first-order valence-corrected chi connectivity index (χ1v) is 5.03. The van der Waals surface area contributed by atoms with Gasteiger partial charge in [0.1, 0.15) is 0 Å². The molecule has 0 aromatic heterocycles. The van der Waals surface area contributed by atoms with Gasteiger partial charge in [0.05, 0.1) is 4.47 Å². The summed E-state index contributed by atoms with van der Waals surface area (Å²) in [4.78, 5) is 0. The van der Waals surface area contributed by atoms with Crippen LogP contribution in [0.3, 0.4) is 0 Å². The first kappa shape index (κ1) is 8.32. The highest BCUT2D eigenvalue weighted by Gasteiger charge is 2.09. The van der Waals surface area contributed by atoms with Gasteiger partial charge in [-0.1, -0.05) is 12.2 Å². The van der Waals surface area contributed by atoms with Gasteiger partial charge in [-0.25, -0.2) is 0 Å². The van der Waals surface area contributed by atoms with Crippen molar-refractivity contribution >= 4 is 38.3 Å². The normalized spacial score (nSPS) is 13.2. The molecule has 0 N–H and O–H groups in total. The van der Waals surface area contributed by atoms with Crippen molar-refractivity contribution in [2.45, 2.75) is 6.42 Å². The van der Waals surface area contributed by atoms with Gasteiger partial charge in [-0.3, -0.25) is 0 Å².